The third-order valence-corrected chi connectivity index (χ3v) is 3.72. The number of rotatable bonds is 5. The minimum Gasteiger partial charge on any atom is -0.466 e. The van der Waals surface area contributed by atoms with Crippen LogP contribution in [-0.4, -0.2) is 47.9 Å². The molecule has 6 heteroatoms. The minimum atomic E-state index is 0.311. The van der Waals surface area contributed by atoms with Crippen LogP contribution in [0.4, 0.5) is 0 Å². The van der Waals surface area contributed by atoms with Crippen LogP contribution in [0.5, 0.6) is 5.19 Å². The van der Waals surface area contributed by atoms with E-state index in [1.165, 1.54) is 0 Å². The van der Waals surface area contributed by atoms with Gasteiger partial charge in [0, 0.05) is 19.6 Å². The number of hydrogen-bond donors (Lipinski definition) is 1. The number of aromatic nitrogens is 2. The molecular weight excluding hydrogens is 236 g/mol. The standard InChI is InChI=1S/C11H20N4OS/c1-3-12-8-10-13-14-11(17-10)16-9-4-6-15(2)7-5-9/h9,12H,3-8H2,1-2H3. The van der Waals surface area contributed by atoms with E-state index in [0.29, 0.717) is 11.3 Å². The highest BCUT2D eigenvalue weighted by Crippen LogP contribution is 2.22. The normalized spacial score (nSPS) is 18.5. The molecule has 1 aliphatic heterocycles. The van der Waals surface area contributed by atoms with E-state index in [1.807, 2.05) is 0 Å². The summed E-state index contributed by atoms with van der Waals surface area (Å²) >= 11 is 1.55. The van der Waals surface area contributed by atoms with Gasteiger partial charge in [0.05, 0.1) is 0 Å². The summed E-state index contributed by atoms with van der Waals surface area (Å²) in [5.41, 5.74) is 0. The Balaban J connectivity index is 1.80. The second-order valence-corrected chi connectivity index (χ2v) is 5.39. The lowest BCUT2D eigenvalue weighted by molar-refractivity contribution is 0.113. The molecule has 2 rings (SSSR count). The van der Waals surface area contributed by atoms with Gasteiger partial charge in [0.25, 0.3) is 5.19 Å². The van der Waals surface area contributed by atoms with Gasteiger partial charge in [0.1, 0.15) is 11.1 Å². The van der Waals surface area contributed by atoms with E-state index in [-0.39, 0.29) is 0 Å². The highest BCUT2D eigenvalue weighted by molar-refractivity contribution is 7.13. The van der Waals surface area contributed by atoms with Gasteiger partial charge in [0.2, 0.25) is 0 Å². The average Bonchev–Trinajstić information content (AvgIpc) is 2.77. The fraction of sp³-hybridized carbons (Fsp3) is 0.818. The van der Waals surface area contributed by atoms with E-state index in [0.717, 1.165) is 44.0 Å². The molecule has 2 heterocycles. The lowest BCUT2D eigenvalue weighted by Gasteiger charge is -2.28. The first-order valence-corrected chi connectivity index (χ1v) is 6.98. The highest BCUT2D eigenvalue weighted by Gasteiger charge is 2.19. The summed E-state index contributed by atoms with van der Waals surface area (Å²) in [4.78, 5) is 2.33. The van der Waals surface area contributed by atoms with Crippen molar-refractivity contribution in [2.24, 2.45) is 0 Å². The van der Waals surface area contributed by atoms with Crippen LogP contribution in [-0.2, 0) is 6.54 Å². The molecule has 0 aromatic carbocycles. The Morgan fingerprint density at radius 3 is 2.88 bits per heavy atom. The van der Waals surface area contributed by atoms with Crippen molar-refractivity contribution >= 4 is 11.3 Å². The third-order valence-electron chi connectivity index (χ3n) is 2.91. The first-order chi connectivity index (χ1) is 8.28. The third kappa shape index (κ3) is 3.90. The largest absolute Gasteiger partial charge is 0.466 e. The summed E-state index contributed by atoms with van der Waals surface area (Å²) in [6.45, 7) is 6.02. The van der Waals surface area contributed by atoms with Crippen LogP contribution in [0, 0.1) is 0 Å². The van der Waals surface area contributed by atoms with Gasteiger partial charge in [-0.3, -0.25) is 0 Å². The highest BCUT2D eigenvalue weighted by atomic mass is 32.1. The number of likely N-dealkylation sites (tertiary alicyclic amines) is 1. The molecule has 1 aromatic heterocycles. The Labute approximate surface area is 106 Å². The summed E-state index contributed by atoms with van der Waals surface area (Å²) < 4.78 is 5.85. The maximum absolute atomic E-state index is 5.85. The van der Waals surface area contributed by atoms with E-state index in [9.17, 15) is 0 Å². The number of hydrogen-bond acceptors (Lipinski definition) is 6. The van der Waals surface area contributed by atoms with Crippen LogP contribution < -0.4 is 10.1 Å². The van der Waals surface area contributed by atoms with Gasteiger partial charge >= 0.3 is 0 Å². The molecule has 17 heavy (non-hydrogen) atoms. The van der Waals surface area contributed by atoms with Crippen molar-refractivity contribution in [3.05, 3.63) is 5.01 Å². The number of ether oxygens (including phenoxy) is 1. The summed E-state index contributed by atoms with van der Waals surface area (Å²) in [5, 5.41) is 13.1. The summed E-state index contributed by atoms with van der Waals surface area (Å²) in [7, 11) is 2.15. The Bertz CT molecular complexity index is 336. The maximum Gasteiger partial charge on any atom is 0.294 e. The van der Waals surface area contributed by atoms with Crippen molar-refractivity contribution < 1.29 is 4.74 Å². The van der Waals surface area contributed by atoms with Crippen molar-refractivity contribution in [1.29, 1.82) is 0 Å². The molecule has 1 N–H and O–H groups in total. The second kappa shape index (κ2) is 6.28. The van der Waals surface area contributed by atoms with Gasteiger partial charge < -0.3 is 15.0 Å². The Morgan fingerprint density at radius 2 is 2.18 bits per heavy atom. The van der Waals surface area contributed by atoms with Crippen LogP contribution >= 0.6 is 11.3 Å². The molecule has 0 bridgehead atoms. The summed E-state index contributed by atoms with van der Waals surface area (Å²) in [6, 6.07) is 0. The predicted molar refractivity (Wildman–Crippen MR) is 68.4 cm³/mol. The first kappa shape index (κ1) is 12.7. The van der Waals surface area contributed by atoms with Crippen molar-refractivity contribution in [1.82, 2.24) is 20.4 Å². The topological polar surface area (TPSA) is 50.3 Å². The average molecular weight is 256 g/mol. The van der Waals surface area contributed by atoms with Crippen LogP contribution in [0.25, 0.3) is 0 Å². The van der Waals surface area contributed by atoms with Gasteiger partial charge in [-0.2, -0.15) is 0 Å². The molecule has 0 unspecified atom stereocenters. The van der Waals surface area contributed by atoms with Crippen LogP contribution in [0.1, 0.15) is 24.8 Å². The van der Waals surface area contributed by atoms with Crippen LogP contribution in [0.15, 0.2) is 0 Å². The minimum absolute atomic E-state index is 0.311. The quantitative estimate of drug-likeness (QED) is 0.855. The number of piperidine rings is 1. The van der Waals surface area contributed by atoms with Gasteiger partial charge in [-0.25, -0.2) is 0 Å². The van der Waals surface area contributed by atoms with E-state index in [1.54, 1.807) is 11.3 Å². The molecular formula is C11H20N4OS. The molecule has 0 radical (unpaired) electrons. The number of nitrogens with one attached hydrogen (secondary N) is 1. The zero-order valence-corrected chi connectivity index (χ0v) is 11.3. The Hall–Kier alpha value is -0.720. The fourth-order valence-corrected chi connectivity index (χ4v) is 2.56. The second-order valence-electron chi connectivity index (χ2n) is 4.36. The van der Waals surface area contributed by atoms with E-state index in [4.69, 9.17) is 4.74 Å². The van der Waals surface area contributed by atoms with E-state index in [2.05, 4.69) is 34.4 Å². The zero-order valence-electron chi connectivity index (χ0n) is 10.5. The van der Waals surface area contributed by atoms with Gasteiger partial charge in [-0.05, 0) is 26.4 Å². The molecule has 96 valence electrons. The van der Waals surface area contributed by atoms with Crippen LogP contribution in [0.2, 0.25) is 0 Å². The zero-order chi connectivity index (χ0) is 12.1. The van der Waals surface area contributed by atoms with Crippen molar-refractivity contribution in [2.75, 3.05) is 26.7 Å². The van der Waals surface area contributed by atoms with Crippen molar-refractivity contribution in [2.45, 2.75) is 32.4 Å². The molecule has 0 aliphatic carbocycles. The smallest absolute Gasteiger partial charge is 0.294 e. The predicted octanol–water partition coefficient (Wildman–Crippen LogP) is 1.12. The van der Waals surface area contributed by atoms with Crippen molar-refractivity contribution in [3.8, 4) is 5.19 Å². The van der Waals surface area contributed by atoms with E-state index < -0.39 is 0 Å². The SMILES string of the molecule is CCNCc1nnc(OC2CCN(C)CC2)s1. The van der Waals surface area contributed by atoms with Crippen LogP contribution in [0.3, 0.4) is 0 Å². The molecule has 1 saturated heterocycles. The number of nitrogens with zero attached hydrogens (tertiary/aromatic N) is 3. The summed E-state index contributed by atoms with van der Waals surface area (Å²) in [6.07, 6.45) is 2.48. The molecule has 0 atom stereocenters. The lowest BCUT2D eigenvalue weighted by Crippen LogP contribution is -2.35. The molecule has 0 amide bonds. The Kier molecular flexibility index (Phi) is 4.70. The molecule has 1 aromatic rings. The molecule has 0 spiro atoms. The molecule has 1 aliphatic rings. The first-order valence-electron chi connectivity index (χ1n) is 6.16. The summed E-state index contributed by atoms with van der Waals surface area (Å²) in [5.74, 6) is 0. The molecule has 5 nitrogen and oxygen atoms in total. The fourth-order valence-electron chi connectivity index (χ4n) is 1.83. The molecule has 1 fully saturated rings. The van der Waals surface area contributed by atoms with Gasteiger partial charge in [-0.15, -0.1) is 5.10 Å². The monoisotopic (exact) mass is 256 g/mol. The lowest BCUT2D eigenvalue weighted by atomic mass is 10.1. The Morgan fingerprint density at radius 1 is 1.41 bits per heavy atom. The molecule has 0 saturated carbocycles. The maximum atomic E-state index is 5.85. The van der Waals surface area contributed by atoms with Gasteiger partial charge in [-0.1, -0.05) is 23.4 Å². The van der Waals surface area contributed by atoms with E-state index >= 15 is 0 Å². The van der Waals surface area contributed by atoms with Gasteiger partial charge in [0.15, 0.2) is 0 Å². The van der Waals surface area contributed by atoms with Crippen molar-refractivity contribution in [3.63, 3.8) is 0 Å².